The lowest BCUT2D eigenvalue weighted by Gasteiger charge is -2.17. The van der Waals surface area contributed by atoms with Crippen molar-refractivity contribution in [1.82, 2.24) is 5.32 Å². The van der Waals surface area contributed by atoms with E-state index in [0.29, 0.717) is 22.2 Å². The molecule has 2 aromatic heterocycles. The molecule has 0 spiro atoms. The molecule has 0 saturated heterocycles. The Bertz CT molecular complexity index is 1140. The van der Waals surface area contributed by atoms with Crippen LogP contribution in [0.25, 0.3) is 0 Å². The van der Waals surface area contributed by atoms with E-state index >= 15 is 0 Å². The zero-order valence-electron chi connectivity index (χ0n) is 33.9. The molecule has 2 rings (SSSR count). The van der Waals surface area contributed by atoms with Gasteiger partial charge in [0.25, 0.3) is 22.7 Å². The van der Waals surface area contributed by atoms with Crippen molar-refractivity contribution >= 4 is 57.0 Å². The van der Waals surface area contributed by atoms with E-state index in [9.17, 15) is 19.2 Å². The van der Waals surface area contributed by atoms with Gasteiger partial charge in [-0.3, -0.25) is 19.2 Å². The molecule has 0 aliphatic carbocycles. The molecule has 2 heterocycles. The van der Waals surface area contributed by atoms with E-state index in [2.05, 4.69) is 33.0 Å². The Morgan fingerprint density at radius 1 is 0.566 bits per heavy atom. The van der Waals surface area contributed by atoms with Crippen LogP contribution in [0.1, 0.15) is 201 Å². The molecule has 304 valence electrons. The summed E-state index contributed by atoms with van der Waals surface area (Å²) in [7, 11) is 0. The summed E-state index contributed by atoms with van der Waals surface area (Å²) in [4.78, 5) is 46.1. The predicted molar refractivity (Wildman–Crippen MR) is 231 cm³/mol. The van der Waals surface area contributed by atoms with E-state index < -0.39 is 22.7 Å². The lowest BCUT2D eigenvalue weighted by molar-refractivity contribution is -0.117. The maximum Gasteiger partial charge on any atom is 0.294 e. The third-order valence-corrected chi connectivity index (χ3v) is 11.5. The Kier molecular flexibility index (Phi) is 35.8. The summed E-state index contributed by atoms with van der Waals surface area (Å²) in [5, 5.41) is 5.51. The minimum absolute atomic E-state index is 0.389. The third-order valence-electron chi connectivity index (χ3n) is 9.62. The maximum atomic E-state index is 12.1. The highest BCUT2D eigenvalue weighted by Crippen LogP contribution is 2.20. The number of Topliss-reactive ketones (excluding diaryl/α,β-unsaturated/α-hetero) is 2. The molecule has 2 aromatic rings. The van der Waals surface area contributed by atoms with Crippen LogP contribution in [0.15, 0.2) is 35.0 Å². The van der Waals surface area contributed by atoms with Crippen molar-refractivity contribution in [2.45, 2.75) is 182 Å². The number of nitrogens with one attached hydrogen (secondary N) is 1. The zero-order chi connectivity index (χ0) is 39.4. The van der Waals surface area contributed by atoms with E-state index in [4.69, 9.17) is 17.3 Å². The van der Waals surface area contributed by atoms with Crippen LogP contribution in [0.4, 0.5) is 0 Å². The van der Waals surface area contributed by atoms with Gasteiger partial charge in [-0.1, -0.05) is 168 Å². The van der Waals surface area contributed by atoms with Gasteiger partial charge in [0, 0.05) is 6.54 Å². The molecule has 0 aliphatic rings. The van der Waals surface area contributed by atoms with Crippen LogP contribution < -0.4 is 11.1 Å². The smallest absolute Gasteiger partial charge is 0.294 e. The molecule has 0 bridgehead atoms. The van der Waals surface area contributed by atoms with Crippen LogP contribution >= 0.6 is 34.3 Å². The number of thiophene rings is 2. The van der Waals surface area contributed by atoms with Gasteiger partial charge in [0.1, 0.15) is 0 Å². The number of rotatable bonds is 31. The number of carbonyl (C=O) groups is 4. The zero-order valence-corrected chi connectivity index (χ0v) is 36.3. The van der Waals surface area contributed by atoms with Gasteiger partial charge in [0.05, 0.1) is 9.75 Å². The van der Waals surface area contributed by atoms with Crippen LogP contribution in [0, 0.1) is 11.8 Å². The predicted octanol–water partition coefficient (Wildman–Crippen LogP) is 13.4. The van der Waals surface area contributed by atoms with Crippen molar-refractivity contribution < 1.29 is 19.2 Å². The monoisotopic (exact) mass is 794 g/mol. The number of halogens is 1. The second-order valence-electron chi connectivity index (χ2n) is 14.4. The summed E-state index contributed by atoms with van der Waals surface area (Å²) >= 11 is 7.47. The standard InChI is InChI=1S/C22H37NO2S.C16H35N.C6H3ClO2S/c1-3-5-7-9-10-12-15-19(14-11-8-6-4-2)18-23-22(25)21(24)20-16-13-17-26-20;1-3-5-7-9-10-12-14-16(15-17)13-11-8-6-4-2;7-6(9)5(8)4-2-1-3-10-4/h13,16-17,19H,3-12,14-15,18H2,1-2H3,(H,23,25);16H,3-15,17H2,1-2H3;1-3H. The first-order chi connectivity index (χ1) is 25.7. The maximum absolute atomic E-state index is 12.1. The average molecular weight is 796 g/mol. The number of unbranched alkanes of at least 4 members (excludes halogenated alkanes) is 16. The Balaban J connectivity index is 0.000000853. The van der Waals surface area contributed by atoms with E-state index in [1.54, 1.807) is 29.6 Å². The minimum Gasteiger partial charge on any atom is -0.349 e. The van der Waals surface area contributed by atoms with E-state index in [-0.39, 0.29) is 0 Å². The van der Waals surface area contributed by atoms with Crippen molar-refractivity contribution in [2.75, 3.05) is 13.1 Å². The van der Waals surface area contributed by atoms with E-state index in [0.717, 1.165) is 25.3 Å². The quantitative estimate of drug-likeness (QED) is 0.0342. The molecule has 9 heteroatoms. The Hall–Kier alpha value is -1.87. The Labute approximate surface area is 337 Å². The van der Waals surface area contributed by atoms with Crippen molar-refractivity contribution in [3.63, 3.8) is 0 Å². The summed E-state index contributed by atoms with van der Waals surface area (Å²) in [6.07, 6.45) is 31.9. The second-order valence-corrected chi connectivity index (χ2v) is 16.6. The third kappa shape index (κ3) is 29.1. The van der Waals surface area contributed by atoms with Gasteiger partial charge in [-0.05, 0) is 78.6 Å². The molecule has 0 aromatic carbocycles. The van der Waals surface area contributed by atoms with E-state index in [1.165, 1.54) is 164 Å². The van der Waals surface area contributed by atoms with Crippen LogP contribution in [-0.2, 0) is 9.59 Å². The van der Waals surface area contributed by atoms with Gasteiger partial charge in [-0.15, -0.1) is 22.7 Å². The average Bonchev–Trinajstić information content (AvgIpc) is 3.91. The highest BCUT2D eigenvalue weighted by atomic mass is 35.5. The molecule has 0 saturated carbocycles. The molecule has 53 heavy (non-hydrogen) atoms. The first-order valence-corrected chi connectivity index (χ1v) is 23.2. The van der Waals surface area contributed by atoms with Gasteiger partial charge >= 0.3 is 0 Å². The summed E-state index contributed by atoms with van der Waals surface area (Å²) in [5.41, 5.74) is 5.85. The molecule has 0 fully saturated rings. The van der Waals surface area contributed by atoms with Crippen molar-refractivity contribution in [2.24, 2.45) is 17.6 Å². The van der Waals surface area contributed by atoms with Crippen LogP contribution in [0.2, 0.25) is 0 Å². The molecule has 0 aliphatic heterocycles. The molecule has 2 atom stereocenters. The number of nitrogens with two attached hydrogens (primary N) is 1. The first-order valence-electron chi connectivity index (χ1n) is 21.1. The number of ketones is 2. The lowest BCUT2D eigenvalue weighted by Crippen LogP contribution is -2.34. The fraction of sp³-hybridized carbons (Fsp3) is 0.727. The number of hydrogen-bond donors (Lipinski definition) is 2. The molecule has 6 nitrogen and oxygen atoms in total. The van der Waals surface area contributed by atoms with Crippen molar-refractivity contribution in [3.05, 3.63) is 44.8 Å². The molecule has 1 amide bonds. The summed E-state index contributed by atoms with van der Waals surface area (Å²) in [6, 6.07) is 6.77. The van der Waals surface area contributed by atoms with Gasteiger partial charge in [-0.25, -0.2) is 0 Å². The molecule has 0 radical (unpaired) electrons. The largest absolute Gasteiger partial charge is 0.349 e. The van der Waals surface area contributed by atoms with Crippen molar-refractivity contribution in [3.8, 4) is 0 Å². The SMILES string of the molecule is CCCCCCCCC(CCCCCC)CNC(=O)C(=O)c1cccs1.CCCCCCCCC(CN)CCCCCC.O=C(Cl)C(=O)c1cccs1. The number of carbonyl (C=O) groups excluding carboxylic acids is 4. The van der Waals surface area contributed by atoms with E-state index in [1.807, 2.05) is 5.38 Å². The van der Waals surface area contributed by atoms with Gasteiger partial charge in [-0.2, -0.15) is 0 Å². The molecular formula is C44H75ClN2O4S2. The lowest BCUT2D eigenvalue weighted by atomic mass is 9.94. The van der Waals surface area contributed by atoms with Gasteiger partial charge < -0.3 is 11.1 Å². The highest BCUT2D eigenvalue weighted by Gasteiger charge is 2.18. The Morgan fingerprint density at radius 3 is 1.28 bits per heavy atom. The fourth-order valence-corrected chi connectivity index (χ4v) is 7.70. The van der Waals surface area contributed by atoms with Crippen LogP contribution in [-0.4, -0.2) is 35.8 Å². The summed E-state index contributed by atoms with van der Waals surface area (Å²) in [5.74, 6) is -0.175. The molecule has 2 unspecified atom stereocenters. The van der Waals surface area contributed by atoms with Crippen LogP contribution in [0.3, 0.4) is 0 Å². The molecule has 3 N–H and O–H groups in total. The summed E-state index contributed by atoms with van der Waals surface area (Å²) < 4.78 is 0. The second kappa shape index (κ2) is 37.1. The van der Waals surface area contributed by atoms with Gasteiger partial charge in [0.15, 0.2) is 0 Å². The number of hydrogen-bond acceptors (Lipinski definition) is 7. The topological polar surface area (TPSA) is 106 Å². The first kappa shape index (κ1) is 51.1. The van der Waals surface area contributed by atoms with Crippen LogP contribution in [0.5, 0.6) is 0 Å². The van der Waals surface area contributed by atoms with Gasteiger partial charge in [0.2, 0.25) is 0 Å². The molecular weight excluding hydrogens is 720 g/mol. The fourth-order valence-electron chi connectivity index (χ4n) is 6.22. The highest BCUT2D eigenvalue weighted by molar-refractivity contribution is 7.14. The summed E-state index contributed by atoms with van der Waals surface area (Å²) in [6.45, 7) is 10.6. The minimum atomic E-state index is -0.928. The normalized spacial score (nSPS) is 11.8. The van der Waals surface area contributed by atoms with Crippen molar-refractivity contribution in [1.29, 1.82) is 0 Å². The number of amides is 1. The Morgan fingerprint density at radius 2 is 0.925 bits per heavy atom.